The van der Waals surface area contributed by atoms with Crippen LogP contribution in [0, 0.1) is 0 Å². The third kappa shape index (κ3) is 13.5. The molecule has 102 valence electrons. The quantitative estimate of drug-likeness (QED) is 0.361. The first kappa shape index (κ1) is 16.6. The Morgan fingerprint density at radius 2 is 1.41 bits per heavy atom. The lowest BCUT2D eigenvalue weighted by Gasteiger charge is -2.11. The van der Waals surface area contributed by atoms with Crippen LogP contribution in [0.1, 0.15) is 86.0 Å². The molecule has 0 radical (unpaired) electrons. The van der Waals surface area contributed by atoms with Crippen molar-refractivity contribution in [3.63, 3.8) is 0 Å². The van der Waals surface area contributed by atoms with E-state index in [0.29, 0.717) is 6.04 Å². The first-order chi connectivity index (χ1) is 7.95. The number of azo groups is 1. The van der Waals surface area contributed by atoms with Crippen LogP contribution in [0.4, 0.5) is 0 Å². The Bertz CT molecular complexity index is 192. The first-order valence-electron chi connectivity index (χ1n) is 7.37. The van der Waals surface area contributed by atoms with E-state index in [1.54, 1.807) is 0 Å². The maximum atomic E-state index is 4.37. The highest BCUT2D eigenvalue weighted by atomic mass is 15.2. The molecule has 2 heteroatoms. The third-order valence-corrected chi connectivity index (χ3v) is 2.78. The molecule has 1 unspecified atom stereocenters. The van der Waals surface area contributed by atoms with Gasteiger partial charge in [0.25, 0.3) is 0 Å². The molecule has 0 heterocycles. The molecule has 0 aliphatic carbocycles. The lowest BCUT2D eigenvalue weighted by Crippen LogP contribution is -2.09. The Balaban J connectivity index is 3.39. The number of unbranched alkanes of at least 4 members (excludes halogenated alkanes) is 6. The van der Waals surface area contributed by atoms with E-state index in [-0.39, 0.29) is 5.54 Å². The van der Waals surface area contributed by atoms with Gasteiger partial charge in [-0.2, -0.15) is 10.2 Å². The van der Waals surface area contributed by atoms with Gasteiger partial charge in [-0.05, 0) is 34.1 Å². The second-order valence-corrected chi connectivity index (χ2v) is 6.15. The van der Waals surface area contributed by atoms with Gasteiger partial charge < -0.3 is 0 Å². The van der Waals surface area contributed by atoms with Crippen LogP contribution in [0.2, 0.25) is 0 Å². The van der Waals surface area contributed by atoms with Crippen LogP contribution in [0.5, 0.6) is 0 Å². The summed E-state index contributed by atoms with van der Waals surface area (Å²) < 4.78 is 0. The van der Waals surface area contributed by atoms with Gasteiger partial charge in [0.2, 0.25) is 0 Å². The Labute approximate surface area is 108 Å². The van der Waals surface area contributed by atoms with Gasteiger partial charge in [-0.1, -0.05) is 51.9 Å². The van der Waals surface area contributed by atoms with E-state index < -0.39 is 0 Å². The molecular weight excluding hydrogens is 208 g/mol. The Kier molecular flexibility index (Phi) is 9.39. The van der Waals surface area contributed by atoms with Crippen molar-refractivity contribution < 1.29 is 0 Å². The predicted octanol–water partition coefficient (Wildman–Crippen LogP) is 5.77. The highest BCUT2D eigenvalue weighted by Crippen LogP contribution is 2.13. The van der Waals surface area contributed by atoms with Crippen LogP contribution >= 0.6 is 0 Å². The van der Waals surface area contributed by atoms with Gasteiger partial charge in [0.1, 0.15) is 0 Å². The lowest BCUT2D eigenvalue weighted by molar-refractivity contribution is 0.489. The van der Waals surface area contributed by atoms with Crippen molar-refractivity contribution in [3.05, 3.63) is 0 Å². The molecule has 0 spiro atoms. The number of hydrogen-bond donors (Lipinski definition) is 0. The summed E-state index contributed by atoms with van der Waals surface area (Å²) in [5.41, 5.74) is -0.0194. The minimum atomic E-state index is -0.0194. The molecular formula is C15H32N2. The molecule has 0 fully saturated rings. The SMILES string of the molecule is CCCCCCCCCC(C)N=NC(C)(C)C. The van der Waals surface area contributed by atoms with Gasteiger partial charge in [-0.15, -0.1) is 0 Å². The fraction of sp³-hybridized carbons (Fsp3) is 1.00. The Morgan fingerprint density at radius 1 is 0.882 bits per heavy atom. The zero-order valence-corrected chi connectivity index (χ0v) is 12.6. The summed E-state index contributed by atoms with van der Waals surface area (Å²) >= 11 is 0. The number of nitrogens with zero attached hydrogens (tertiary/aromatic N) is 2. The fourth-order valence-electron chi connectivity index (χ4n) is 1.73. The lowest BCUT2D eigenvalue weighted by atomic mass is 10.1. The fourth-order valence-corrected chi connectivity index (χ4v) is 1.73. The van der Waals surface area contributed by atoms with Crippen molar-refractivity contribution in [1.29, 1.82) is 0 Å². The summed E-state index contributed by atoms with van der Waals surface area (Å²) in [6, 6.07) is 0.393. The molecule has 0 aromatic heterocycles. The van der Waals surface area contributed by atoms with Gasteiger partial charge in [-0.25, -0.2) is 0 Å². The van der Waals surface area contributed by atoms with E-state index in [2.05, 4.69) is 44.8 Å². The maximum absolute atomic E-state index is 4.37. The van der Waals surface area contributed by atoms with Crippen molar-refractivity contribution in [2.24, 2.45) is 10.2 Å². The van der Waals surface area contributed by atoms with Crippen LogP contribution in [0.15, 0.2) is 10.2 Å². The zero-order chi connectivity index (χ0) is 13.1. The standard InChI is InChI=1S/C15H32N2/c1-6-7-8-9-10-11-12-13-14(2)16-17-15(3,4)5/h14H,6-13H2,1-5H3. The largest absolute Gasteiger partial charge is 0.191 e. The molecule has 0 amide bonds. The second-order valence-electron chi connectivity index (χ2n) is 6.15. The van der Waals surface area contributed by atoms with Crippen molar-refractivity contribution in [2.45, 2.75) is 97.6 Å². The normalized spacial score (nSPS) is 14.4. The van der Waals surface area contributed by atoms with Crippen LogP contribution < -0.4 is 0 Å². The topological polar surface area (TPSA) is 24.7 Å². The van der Waals surface area contributed by atoms with E-state index in [0.717, 1.165) is 0 Å². The average Bonchev–Trinajstić information content (AvgIpc) is 2.24. The summed E-state index contributed by atoms with van der Waals surface area (Å²) in [7, 11) is 0. The molecule has 0 aromatic carbocycles. The van der Waals surface area contributed by atoms with E-state index in [1.807, 2.05) is 0 Å². The van der Waals surface area contributed by atoms with Crippen molar-refractivity contribution in [1.82, 2.24) is 0 Å². The molecule has 0 saturated heterocycles. The van der Waals surface area contributed by atoms with Crippen LogP contribution in [0.25, 0.3) is 0 Å². The highest BCUT2D eigenvalue weighted by Gasteiger charge is 2.07. The second kappa shape index (κ2) is 9.61. The van der Waals surface area contributed by atoms with Gasteiger partial charge in [0.15, 0.2) is 0 Å². The van der Waals surface area contributed by atoms with Crippen molar-refractivity contribution in [2.75, 3.05) is 0 Å². The number of hydrogen-bond acceptors (Lipinski definition) is 2. The van der Waals surface area contributed by atoms with E-state index in [9.17, 15) is 0 Å². The first-order valence-corrected chi connectivity index (χ1v) is 7.37. The van der Waals surface area contributed by atoms with Crippen LogP contribution in [-0.2, 0) is 0 Å². The zero-order valence-electron chi connectivity index (χ0n) is 12.6. The molecule has 17 heavy (non-hydrogen) atoms. The van der Waals surface area contributed by atoms with Crippen molar-refractivity contribution >= 4 is 0 Å². The molecule has 1 atom stereocenters. The molecule has 0 rings (SSSR count). The summed E-state index contributed by atoms with van der Waals surface area (Å²) in [5.74, 6) is 0. The Morgan fingerprint density at radius 3 is 1.94 bits per heavy atom. The van der Waals surface area contributed by atoms with Crippen LogP contribution in [-0.4, -0.2) is 11.6 Å². The van der Waals surface area contributed by atoms with E-state index in [4.69, 9.17) is 0 Å². The van der Waals surface area contributed by atoms with Gasteiger partial charge in [0, 0.05) is 0 Å². The molecule has 2 nitrogen and oxygen atoms in total. The summed E-state index contributed by atoms with van der Waals surface area (Å²) in [6.45, 7) is 10.7. The summed E-state index contributed by atoms with van der Waals surface area (Å²) in [5, 5.41) is 8.69. The third-order valence-electron chi connectivity index (χ3n) is 2.78. The predicted molar refractivity (Wildman–Crippen MR) is 76.7 cm³/mol. The maximum Gasteiger partial charge on any atom is 0.0732 e. The number of rotatable bonds is 9. The minimum absolute atomic E-state index is 0.0194. The molecule has 0 aliphatic rings. The van der Waals surface area contributed by atoms with Gasteiger partial charge in [-0.3, -0.25) is 0 Å². The summed E-state index contributed by atoms with van der Waals surface area (Å²) in [6.07, 6.45) is 10.8. The molecule has 0 bridgehead atoms. The molecule has 0 N–H and O–H groups in total. The minimum Gasteiger partial charge on any atom is -0.191 e. The van der Waals surface area contributed by atoms with Gasteiger partial charge in [0.05, 0.1) is 11.6 Å². The average molecular weight is 240 g/mol. The molecule has 0 saturated carbocycles. The highest BCUT2D eigenvalue weighted by molar-refractivity contribution is 4.68. The molecule has 0 aliphatic heterocycles. The molecule has 0 aromatic rings. The summed E-state index contributed by atoms with van der Waals surface area (Å²) in [4.78, 5) is 0. The van der Waals surface area contributed by atoms with Crippen molar-refractivity contribution in [3.8, 4) is 0 Å². The monoisotopic (exact) mass is 240 g/mol. The van der Waals surface area contributed by atoms with Crippen LogP contribution in [0.3, 0.4) is 0 Å². The van der Waals surface area contributed by atoms with Gasteiger partial charge >= 0.3 is 0 Å². The Hall–Kier alpha value is -0.400. The smallest absolute Gasteiger partial charge is 0.0732 e. The van der Waals surface area contributed by atoms with E-state index in [1.165, 1.54) is 51.4 Å². The van der Waals surface area contributed by atoms with E-state index >= 15 is 0 Å².